The van der Waals surface area contributed by atoms with Gasteiger partial charge in [0.05, 0.1) is 54.6 Å². The second-order valence-electron chi connectivity index (χ2n) is 17.5. The van der Waals surface area contributed by atoms with Gasteiger partial charge in [-0.25, -0.2) is 4.79 Å². The minimum absolute atomic E-state index is 0.106. The number of benzene rings is 3. The number of morpholine rings is 1. The van der Waals surface area contributed by atoms with Crippen LogP contribution in [0.1, 0.15) is 85.4 Å². The maximum absolute atomic E-state index is 13.9. The summed E-state index contributed by atoms with van der Waals surface area (Å²) in [5, 5.41) is 5.77. The summed E-state index contributed by atoms with van der Waals surface area (Å²) in [6.07, 6.45) is -2.26. The number of pyridine rings is 1. The highest BCUT2D eigenvalue weighted by Gasteiger charge is 2.30. The van der Waals surface area contributed by atoms with Crippen molar-refractivity contribution < 1.29 is 46.5 Å². The summed E-state index contributed by atoms with van der Waals surface area (Å²) < 4.78 is 63.0. The molecule has 1 aliphatic rings. The molecule has 0 spiro atoms. The van der Waals surface area contributed by atoms with Crippen LogP contribution in [0.15, 0.2) is 85.1 Å². The van der Waals surface area contributed by atoms with Crippen LogP contribution >= 0.6 is 0 Å². The van der Waals surface area contributed by atoms with Gasteiger partial charge in [0, 0.05) is 87.9 Å². The SMILES string of the molecule is CCN(CC)c1ccc(NC(=O)c2cccc(CC(C)(C)OCCC(C)(C)OCCOC(=O)N(C)CCN3CCOCC3)c2)c(-c2cc(C(=O)NCc3cccc(C(F)(F)F)c3)ccn2)c1. The quantitative estimate of drug-likeness (QED) is 0.0738. The number of hydrogen-bond donors (Lipinski definition) is 2. The van der Waals surface area contributed by atoms with Gasteiger partial charge < -0.3 is 39.4 Å². The topological polar surface area (TPSA) is 135 Å². The van der Waals surface area contributed by atoms with Gasteiger partial charge in [-0.3, -0.25) is 19.5 Å². The third-order valence-electron chi connectivity index (χ3n) is 11.4. The third-order valence-corrected chi connectivity index (χ3v) is 11.4. The van der Waals surface area contributed by atoms with Crippen molar-refractivity contribution >= 4 is 29.3 Å². The van der Waals surface area contributed by atoms with Crippen LogP contribution in [0.25, 0.3) is 11.3 Å². The van der Waals surface area contributed by atoms with Crippen LogP contribution in [0.3, 0.4) is 0 Å². The summed E-state index contributed by atoms with van der Waals surface area (Å²) in [6, 6.07) is 21.0. The molecule has 66 heavy (non-hydrogen) atoms. The van der Waals surface area contributed by atoms with Gasteiger partial charge >= 0.3 is 12.3 Å². The highest BCUT2D eigenvalue weighted by Crippen LogP contribution is 2.33. The number of aromatic nitrogens is 1. The number of amides is 3. The number of alkyl halides is 3. The zero-order chi connectivity index (χ0) is 47.9. The van der Waals surface area contributed by atoms with E-state index in [0.717, 1.165) is 56.1 Å². The molecule has 13 nitrogen and oxygen atoms in total. The van der Waals surface area contributed by atoms with Crippen LogP contribution in [-0.4, -0.2) is 123 Å². The third kappa shape index (κ3) is 15.8. The van der Waals surface area contributed by atoms with Crippen LogP contribution in [0.2, 0.25) is 0 Å². The van der Waals surface area contributed by atoms with Gasteiger partial charge in [-0.2, -0.15) is 13.2 Å². The van der Waals surface area contributed by atoms with E-state index in [1.165, 1.54) is 24.4 Å². The van der Waals surface area contributed by atoms with E-state index < -0.39 is 28.8 Å². The van der Waals surface area contributed by atoms with E-state index >= 15 is 0 Å². The molecular formula is C50H65F3N6O7. The molecule has 0 aliphatic carbocycles. The first-order valence-corrected chi connectivity index (χ1v) is 22.5. The average molecular weight is 919 g/mol. The number of anilines is 2. The molecule has 2 heterocycles. The molecule has 0 atom stereocenters. The molecule has 5 rings (SSSR count). The highest BCUT2D eigenvalue weighted by atomic mass is 19.4. The van der Waals surface area contributed by atoms with Crippen LogP contribution in [0, 0.1) is 0 Å². The predicted molar refractivity (Wildman–Crippen MR) is 250 cm³/mol. The summed E-state index contributed by atoms with van der Waals surface area (Å²) >= 11 is 0. The molecule has 0 bridgehead atoms. The number of carbonyl (C=O) groups excluding carboxylic acids is 3. The summed E-state index contributed by atoms with van der Waals surface area (Å²) in [6.45, 7) is 18.7. The van der Waals surface area contributed by atoms with Crippen molar-refractivity contribution in [2.24, 2.45) is 0 Å². The summed E-state index contributed by atoms with van der Waals surface area (Å²) in [5.74, 6) is -0.830. The Bertz CT molecular complexity index is 2230. The first-order valence-electron chi connectivity index (χ1n) is 22.5. The van der Waals surface area contributed by atoms with Crippen molar-refractivity contribution in [1.82, 2.24) is 20.1 Å². The van der Waals surface area contributed by atoms with E-state index in [4.69, 9.17) is 18.9 Å². The maximum Gasteiger partial charge on any atom is 0.416 e. The Morgan fingerprint density at radius 1 is 0.803 bits per heavy atom. The fourth-order valence-electron chi connectivity index (χ4n) is 7.47. The largest absolute Gasteiger partial charge is 0.447 e. The van der Waals surface area contributed by atoms with Crippen LogP contribution in [-0.2, 0) is 38.1 Å². The fraction of sp³-hybridized carbons (Fsp3) is 0.480. The molecule has 0 radical (unpaired) electrons. The maximum atomic E-state index is 13.9. The number of nitrogens with zero attached hydrogens (tertiary/aromatic N) is 4. The van der Waals surface area contributed by atoms with Crippen molar-refractivity contribution in [3.63, 3.8) is 0 Å². The van der Waals surface area contributed by atoms with Gasteiger partial charge in [0.2, 0.25) is 0 Å². The number of ether oxygens (including phenoxy) is 4. The fourth-order valence-corrected chi connectivity index (χ4v) is 7.47. The zero-order valence-corrected chi connectivity index (χ0v) is 39.3. The molecule has 4 aromatic rings. The molecule has 3 amide bonds. The van der Waals surface area contributed by atoms with E-state index in [2.05, 4.69) is 25.4 Å². The van der Waals surface area contributed by atoms with E-state index in [1.54, 1.807) is 24.1 Å². The normalized spacial score (nSPS) is 13.5. The first-order chi connectivity index (χ1) is 31.4. The Labute approximate surface area is 386 Å². The van der Waals surface area contributed by atoms with E-state index in [9.17, 15) is 27.6 Å². The van der Waals surface area contributed by atoms with E-state index in [1.807, 2.05) is 77.9 Å². The average Bonchev–Trinajstić information content (AvgIpc) is 3.29. The van der Waals surface area contributed by atoms with Crippen molar-refractivity contribution in [1.29, 1.82) is 0 Å². The van der Waals surface area contributed by atoms with Crippen molar-refractivity contribution in [2.45, 2.75) is 78.3 Å². The van der Waals surface area contributed by atoms with Gasteiger partial charge in [0.25, 0.3) is 11.8 Å². The smallest absolute Gasteiger partial charge is 0.416 e. The Hall–Kier alpha value is -5.55. The minimum atomic E-state index is -4.50. The van der Waals surface area contributed by atoms with Crippen LogP contribution < -0.4 is 15.5 Å². The minimum Gasteiger partial charge on any atom is -0.447 e. The molecule has 0 saturated carbocycles. The molecule has 1 fully saturated rings. The molecular weight excluding hydrogens is 854 g/mol. The molecule has 1 aliphatic heterocycles. The summed E-state index contributed by atoms with van der Waals surface area (Å²) in [5.41, 5.74) is 2.41. The lowest BCUT2D eigenvalue weighted by Crippen LogP contribution is -2.42. The second kappa shape index (κ2) is 23.8. The Morgan fingerprint density at radius 3 is 2.23 bits per heavy atom. The monoisotopic (exact) mass is 918 g/mol. The lowest BCUT2D eigenvalue weighted by atomic mass is 9.96. The van der Waals surface area contributed by atoms with Gasteiger partial charge in [0.15, 0.2) is 0 Å². The standard InChI is InChI=1S/C50H65F3N6O7/c1-8-59(9-2)41-16-17-43(42(33-41)44-32-39(18-20-54-44)45(60)55-35-37-13-11-15-40(31-37)50(51,52)53)56-46(61)38-14-10-12-36(30-38)34-49(5,6)65-25-19-48(3,4)66-29-28-64-47(62)57(7)21-22-58-23-26-63-27-24-58/h10-18,20,30-33H,8-9,19,21-29,34-35H2,1-7H3,(H,55,60)(H,56,61). The molecule has 16 heteroatoms. The Kier molecular flexibility index (Phi) is 18.5. The molecule has 358 valence electrons. The summed E-state index contributed by atoms with van der Waals surface area (Å²) in [4.78, 5) is 50.2. The van der Waals surface area contributed by atoms with Crippen molar-refractivity contribution in [3.05, 3.63) is 113 Å². The number of halogens is 3. The predicted octanol–water partition coefficient (Wildman–Crippen LogP) is 8.72. The Morgan fingerprint density at radius 2 is 1.50 bits per heavy atom. The van der Waals surface area contributed by atoms with Crippen LogP contribution in [0.5, 0.6) is 0 Å². The van der Waals surface area contributed by atoms with Crippen molar-refractivity contribution in [3.8, 4) is 11.3 Å². The first kappa shape index (κ1) is 51.4. The van der Waals surface area contributed by atoms with E-state index in [0.29, 0.717) is 67.3 Å². The molecule has 2 N–H and O–H groups in total. The number of nitrogens with one attached hydrogen (secondary N) is 2. The number of rotatable bonds is 22. The van der Waals surface area contributed by atoms with Gasteiger partial charge in [-0.1, -0.05) is 24.3 Å². The molecule has 3 aromatic carbocycles. The number of likely N-dealkylation sites (N-methyl/N-ethyl adjacent to an activating group) is 1. The number of hydrogen-bond acceptors (Lipinski definition) is 10. The highest BCUT2D eigenvalue weighted by molar-refractivity contribution is 6.06. The van der Waals surface area contributed by atoms with Gasteiger partial charge in [-0.05, 0) is 114 Å². The van der Waals surface area contributed by atoms with Gasteiger partial charge in [0.1, 0.15) is 6.61 Å². The lowest BCUT2D eigenvalue weighted by molar-refractivity contribution is -0.137. The molecule has 1 aromatic heterocycles. The van der Waals surface area contributed by atoms with Crippen LogP contribution in [0.4, 0.5) is 29.3 Å². The second-order valence-corrected chi connectivity index (χ2v) is 17.5. The Balaban J connectivity index is 1.16. The van der Waals surface area contributed by atoms with Gasteiger partial charge in [-0.15, -0.1) is 0 Å². The lowest BCUT2D eigenvalue weighted by Gasteiger charge is -2.30. The summed E-state index contributed by atoms with van der Waals surface area (Å²) in [7, 11) is 1.73. The molecule has 0 unspecified atom stereocenters. The van der Waals surface area contributed by atoms with E-state index in [-0.39, 0.29) is 37.3 Å². The molecule has 1 saturated heterocycles. The zero-order valence-electron chi connectivity index (χ0n) is 39.3. The van der Waals surface area contributed by atoms with Crippen molar-refractivity contribution in [2.75, 3.05) is 89.6 Å². The number of carbonyl (C=O) groups is 3.